The minimum Gasteiger partial charge on any atom is -0.486 e. The molecule has 2 N–H and O–H groups in total. The van der Waals surface area contributed by atoms with Crippen LogP contribution in [-0.2, 0) is 4.79 Å². The van der Waals surface area contributed by atoms with Gasteiger partial charge in [-0.05, 0) is 25.0 Å². The van der Waals surface area contributed by atoms with Crippen LogP contribution in [0.1, 0.15) is 19.3 Å². The summed E-state index contributed by atoms with van der Waals surface area (Å²) in [5.74, 6) is 1.23. The Morgan fingerprint density at radius 1 is 1.26 bits per heavy atom. The zero-order chi connectivity index (χ0) is 13.3. The number of benzene rings is 1. The SMILES string of the molecule is O=C(Nc1ccc2c(c1)OCCO2)C1(CO)CCC1. The summed E-state index contributed by atoms with van der Waals surface area (Å²) in [5.41, 5.74) is 0.0850. The molecule has 0 unspecified atom stereocenters. The summed E-state index contributed by atoms with van der Waals surface area (Å²) in [6, 6.07) is 5.34. The van der Waals surface area contributed by atoms with Crippen molar-refractivity contribution in [1.29, 1.82) is 0 Å². The van der Waals surface area contributed by atoms with Gasteiger partial charge in [0.05, 0.1) is 12.0 Å². The molecule has 0 aromatic heterocycles. The fourth-order valence-corrected chi connectivity index (χ4v) is 2.45. The van der Waals surface area contributed by atoms with Crippen LogP contribution in [-0.4, -0.2) is 30.8 Å². The van der Waals surface area contributed by atoms with Crippen LogP contribution in [0, 0.1) is 5.41 Å². The maximum atomic E-state index is 12.2. The maximum absolute atomic E-state index is 12.2. The Hall–Kier alpha value is -1.75. The van der Waals surface area contributed by atoms with Crippen LogP contribution >= 0.6 is 0 Å². The first kappa shape index (κ1) is 12.3. The number of aliphatic hydroxyl groups excluding tert-OH is 1. The number of hydrogen-bond donors (Lipinski definition) is 2. The van der Waals surface area contributed by atoms with Crippen LogP contribution in [0.4, 0.5) is 5.69 Å². The van der Waals surface area contributed by atoms with Crippen molar-refractivity contribution in [2.24, 2.45) is 5.41 Å². The average Bonchev–Trinajstić information content (AvgIpc) is 2.38. The third-order valence-corrected chi connectivity index (χ3v) is 3.90. The van der Waals surface area contributed by atoms with Crippen molar-refractivity contribution in [2.75, 3.05) is 25.1 Å². The highest BCUT2D eigenvalue weighted by atomic mass is 16.6. The molecule has 102 valence electrons. The molecule has 0 bridgehead atoms. The van der Waals surface area contributed by atoms with Crippen molar-refractivity contribution in [3.05, 3.63) is 18.2 Å². The van der Waals surface area contributed by atoms with Gasteiger partial charge in [0.1, 0.15) is 13.2 Å². The monoisotopic (exact) mass is 263 g/mol. The van der Waals surface area contributed by atoms with E-state index in [0.717, 1.165) is 19.3 Å². The quantitative estimate of drug-likeness (QED) is 0.868. The molecule has 1 heterocycles. The second-order valence-electron chi connectivity index (χ2n) is 5.10. The van der Waals surface area contributed by atoms with Gasteiger partial charge in [-0.15, -0.1) is 0 Å². The van der Waals surface area contributed by atoms with Crippen LogP contribution in [0.15, 0.2) is 18.2 Å². The lowest BCUT2D eigenvalue weighted by atomic mass is 9.68. The predicted octanol–water partition coefficient (Wildman–Crippen LogP) is 1.56. The number of anilines is 1. The Morgan fingerprint density at radius 2 is 2.00 bits per heavy atom. The first-order chi connectivity index (χ1) is 9.23. The van der Waals surface area contributed by atoms with Crippen LogP contribution in [0.2, 0.25) is 0 Å². The molecule has 1 aliphatic heterocycles. The molecule has 0 atom stereocenters. The van der Waals surface area contributed by atoms with Crippen molar-refractivity contribution in [1.82, 2.24) is 0 Å². The molecule has 3 rings (SSSR count). The van der Waals surface area contributed by atoms with Gasteiger partial charge in [-0.25, -0.2) is 0 Å². The summed E-state index contributed by atoms with van der Waals surface area (Å²) in [5, 5.41) is 12.2. The van der Waals surface area contributed by atoms with E-state index < -0.39 is 5.41 Å². The molecule has 2 aliphatic rings. The molecule has 0 spiro atoms. The molecule has 0 saturated heterocycles. The summed E-state index contributed by atoms with van der Waals surface area (Å²) in [6.07, 6.45) is 2.49. The van der Waals surface area contributed by atoms with Crippen molar-refractivity contribution >= 4 is 11.6 Å². The molecule has 1 saturated carbocycles. The number of carbonyl (C=O) groups excluding carboxylic acids is 1. The van der Waals surface area contributed by atoms with Crippen LogP contribution in [0.5, 0.6) is 11.5 Å². The lowest BCUT2D eigenvalue weighted by Gasteiger charge is -2.38. The van der Waals surface area contributed by atoms with Crippen molar-refractivity contribution in [3.8, 4) is 11.5 Å². The van der Waals surface area contributed by atoms with E-state index in [1.54, 1.807) is 18.2 Å². The Bertz CT molecular complexity index is 491. The second kappa shape index (κ2) is 4.74. The highest BCUT2D eigenvalue weighted by molar-refractivity contribution is 5.96. The van der Waals surface area contributed by atoms with Crippen LogP contribution in [0.25, 0.3) is 0 Å². The van der Waals surface area contributed by atoms with Gasteiger partial charge < -0.3 is 19.9 Å². The molecule has 1 fully saturated rings. The summed E-state index contributed by atoms with van der Waals surface area (Å²) >= 11 is 0. The standard InChI is InChI=1S/C14H17NO4/c16-9-14(4-1-5-14)13(17)15-10-2-3-11-12(8-10)19-7-6-18-11/h2-3,8,16H,1,4-7,9H2,(H,15,17). The Balaban J connectivity index is 1.74. The fourth-order valence-electron chi connectivity index (χ4n) is 2.45. The van der Waals surface area contributed by atoms with Crippen LogP contribution < -0.4 is 14.8 Å². The van der Waals surface area contributed by atoms with Gasteiger partial charge in [-0.3, -0.25) is 4.79 Å². The highest BCUT2D eigenvalue weighted by Gasteiger charge is 2.43. The van der Waals surface area contributed by atoms with E-state index >= 15 is 0 Å². The number of nitrogens with one attached hydrogen (secondary N) is 1. The molecule has 5 heteroatoms. The van der Waals surface area contributed by atoms with E-state index in [1.807, 2.05) is 0 Å². The van der Waals surface area contributed by atoms with E-state index in [4.69, 9.17) is 9.47 Å². The number of fused-ring (bicyclic) bond motifs is 1. The number of aliphatic hydroxyl groups is 1. The normalized spacial score (nSPS) is 19.4. The lowest BCUT2D eigenvalue weighted by molar-refractivity contribution is -0.133. The molecule has 19 heavy (non-hydrogen) atoms. The minimum atomic E-state index is -0.590. The summed E-state index contributed by atoms with van der Waals surface area (Å²) < 4.78 is 10.9. The van der Waals surface area contributed by atoms with E-state index in [9.17, 15) is 9.90 Å². The predicted molar refractivity (Wildman–Crippen MR) is 69.4 cm³/mol. The van der Waals surface area contributed by atoms with E-state index in [2.05, 4.69) is 5.32 Å². The fraction of sp³-hybridized carbons (Fsp3) is 0.500. The molecule has 5 nitrogen and oxygen atoms in total. The molecule has 0 radical (unpaired) electrons. The van der Waals surface area contributed by atoms with Gasteiger partial charge >= 0.3 is 0 Å². The Morgan fingerprint density at radius 3 is 2.63 bits per heavy atom. The molecular weight excluding hydrogens is 246 g/mol. The molecule has 1 aromatic carbocycles. The summed E-state index contributed by atoms with van der Waals surface area (Å²) in [7, 11) is 0. The molecule has 1 amide bonds. The number of rotatable bonds is 3. The van der Waals surface area contributed by atoms with Crippen molar-refractivity contribution in [3.63, 3.8) is 0 Å². The minimum absolute atomic E-state index is 0.0939. The van der Waals surface area contributed by atoms with E-state index in [1.165, 1.54) is 0 Å². The van der Waals surface area contributed by atoms with E-state index in [-0.39, 0.29) is 12.5 Å². The number of hydrogen-bond acceptors (Lipinski definition) is 4. The number of ether oxygens (including phenoxy) is 2. The largest absolute Gasteiger partial charge is 0.486 e. The summed E-state index contributed by atoms with van der Waals surface area (Å²) in [4.78, 5) is 12.2. The molecule has 1 aromatic rings. The average molecular weight is 263 g/mol. The third-order valence-electron chi connectivity index (χ3n) is 3.90. The molecular formula is C14H17NO4. The van der Waals surface area contributed by atoms with Gasteiger partial charge in [0, 0.05) is 11.8 Å². The Labute approximate surface area is 111 Å². The van der Waals surface area contributed by atoms with Gasteiger partial charge in [0.15, 0.2) is 11.5 Å². The topological polar surface area (TPSA) is 67.8 Å². The maximum Gasteiger partial charge on any atom is 0.232 e. The van der Waals surface area contributed by atoms with Gasteiger partial charge in [-0.1, -0.05) is 6.42 Å². The van der Waals surface area contributed by atoms with Crippen molar-refractivity contribution in [2.45, 2.75) is 19.3 Å². The lowest BCUT2D eigenvalue weighted by Crippen LogP contribution is -2.44. The highest BCUT2D eigenvalue weighted by Crippen LogP contribution is 2.41. The number of amides is 1. The third kappa shape index (κ3) is 2.14. The number of carbonyl (C=O) groups is 1. The zero-order valence-electron chi connectivity index (χ0n) is 10.6. The molecule has 1 aliphatic carbocycles. The van der Waals surface area contributed by atoms with Gasteiger partial charge in [-0.2, -0.15) is 0 Å². The second-order valence-corrected chi connectivity index (χ2v) is 5.10. The first-order valence-corrected chi connectivity index (χ1v) is 6.55. The Kier molecular flexibility index (Phi) is 3.06. The van der Waals surface area contributed by atoms with Crippen molar-refractivity contribution < 1.29 is 19.4 Å². The first-order valence-electron chi connectivity index (χ1n) is 6.55. The van der Waals surface area contributed by atoms with Gasteiger partial charge in [0.2, 0.25) is 5.91 Å². The summed E-state index contributed by atoms with van der Waals surface area (Å²) in [6.45, 7) is 0.973. The van der Waals surface area contributed by atoms with Crippen LogP contribution in [0.3, 0.4) is 0 Å². The van der Waals surface area contributed by atoms with Gasteiger partial charge in [0.25, 0.3) is 0 Å². The zero-order valence-corrected chi connectivity index (χ0v) is 10.6. The van der Waals surface area contributed by atoms with E-state index in [0.29, 0.717) is 30.4 Å². The smallest absolute Gasteiger partial charge is 0.232 e.